The predicted molar refractivity (Wildman–Crippen MR) is 98.0 cm³/mol. The lowest BCUT2D eigenvalue weighted by Crippen LogP contribution is -2.35. The van der Waals surface area contributed by atoms with Crippen molar-refractivity contribution in [3.05, 3.63) is 29.7 Å². The van der Waals surface area contributed by atoms with Crippen LogP contribution in [-0.2, 0) is 9.47 Å². The highest BCUT2D eigenvalue weighted by molar-refractivity contribution is 5.86. The van der Waals surface area contributed by atoms with E-state index < -0.39 is 23.7 Å². The van der Waals surface area contributed by atoms with Gasteiger partial charge in [0.2, 0.25) is 0 Å². The van der Waals surface area contributed by atoms with Crippen LogP contribution in [0.2, 0.25) is 0 Å². The average Bonchev–Trinajstić information content (AvgIpc) is 3.38. The molecule has 2 heterocycles. The number of aromatic nitrogens is 5. The number of nitrogens with one attached hydrogen (secondary N) is 1. The Morgan fingerprint density at radius 2 is 1.96 bits per heavy atom. The monoisotopic (exact) mass is 388 g/mol. The lowest BCUT2D eigenvalue weighted by Gasteiger charge is -2.21. The molecule has 0 saturated heterocycles. The van der Waals surface area contributed by atoms with E-state index in [2.05, 4.69) is 30.1 Å². The molecule has 1 aliphatic rings. The second kappa shape index (κ2) is 7.53. The molecule has 0 aromatic carbocycles. The van der Waals surface area contributed by atoms with Crippen LogP contribution in [0.1, 0.15) is 74.6 Å². The summed E-state index contributed by atoms with van der Waals surface area (Å²) in [5.41, 5.74) is -0.512. The molecule has 0 radical (unpaired) electrons. The Balaban J connectivity index is 1.86. The highest BCUT2D eigenvalue weighted by Crippen LogP contribution is 2.38. The Labute approximate surface area is 162 Å². The van der Waals surface area contributed by atoms with Gasteiger partial charge in [-0.2, -0.15) is 4.68 Å². The molecular weight excluding hydrogens is 364 g/mol. The summed E-state index contributed by atoms with van der Waals surface area (Å²) >= 11 is 0. The Hall–Kier alpha value is -3.04. The first-order valence-corrected chi connectivity index (χ1v) is 9.05. The number of hydrogen-bond donors (Lipinski definition) is 1. The van der Waals surface area contributed by atoms with Gasteiger partial charge in [-0.3, -0.25) is 0 Å². The van der Waals surface area contributed by atoms with E-state index in [0.29, 0.717) is 23.4 Å². The number of rotatable bonds is 5. The van der Waals surface area contributed by atoms with Crippen molar-refractivity contribution in [2.24, 2.45) is 0 Å². The number of ether oxygens (including phenoxy) is 2. The minimum Gasteiger partial charge on any atom is -0.464 e. The van der Waals surface area contributed by atoms with Gasteiger partial charge in [0, 0.05) is 5.92 Å². The van der Waals surface area contributed by atoms with E-state index in [1.807, 2.05) is 0 Å². The topological polar surface area (TPSA) is 121 Å². The van der Waals surface area contributed by atoms with Crippen molar-refractivity contribution in [1.29, 1.82) is 0 Å². The number of carbonyl (C=O) groups is 2. The Morgan fingerprint density at radius 1 is 1.25 bits per heavy atom. The van der Waals surface area contributed by atoms with Crippen molar-refractivity contribution < 1.29 is 19.1 Å². The zero-order chi connectivity index (χ0) is 20.5. The molecule has 2 aromatic heterocycles. The van der Waals surface area contributed by atoms with E-state index in [-0.39, 0.29) is 5.69 Å². The van der Waals surface area contributed by atoms with E-state index in [1.165, 1.54) is 24.2 Å². The lowest BCUT2D eigenvalue weighted by molar-refractivity contribution is 0.0504. The normalized spacial score (nSPS) is 15.0. The van der Waals surface area contributed by atoms with Gasteiger partial charge in [-0.1, -0.05) is 0 Å². The zero-order valence-electron chi connectivity index (χ0n) is 16.6. The third kappa shape index (κ3) is 4.62. The Morgan fingerprint density at radius 3 is 2.50 bits per heavy atom. The number of amides is 1. The van der Waals surface area contributed by atoms with Gasteiger partial charge < -0.3 is 14.8 Å². The molecule has 2 aromatic rings. The average molecular weight is 388 g/mol. The summed E-state index contributed by atoms with van der Waals surface area (Å²) in [5, 5.41) is 7.30. The Kier molecular flexibility index (Phi) is 5.30. The molecular formula is C18H24N6O4. The van der Waals surface area contributed by atoms with Crippen LogP contribution in [0.25, 0.3) is 5.82 Å². The van der Waals surface area contributed by atoms with Crippen LogP contribution in [0.4, 0.5) is 4.79 Å². The van der Waals surface area contributed by atoms with Crippen molar-refractivity contribution in [2.45, 2.75) is 58.1 Å². The smallest absolute Gasteiger partial charge is 0.408 e. The minimum atomic E-state index is -0.605. The van der Waals surface area contributed by atoms with E-state index in [4.69, 9.17) is 4.74 Å². The summed E-state index contributed by atoms with van der Waals surface area (Å²) in [6, 6.07) is -0.475. The molecule has 10 heteroatoms. The molecule has 10 nitrogen and oxygen atoms in total. The highest BCUT2D eigenvalue weighted by Gasteiger charge is 2.31. The summed E-state index contributed by atoms with van der Waals surface area (Å²) in [5.74, 6) is 1.34. The molecule has 1 aliphatic carbocycles. The van der Waals surface area contributed by atoms with Crippen LogP contribution in [0.5, 0.6) is 0 Å². The summed E-state index contributed by atoms with van der Waals surface area (Å²) in [6.45, 7) is 7.17. The second-order valence-electron chi connectivity index (χ2n) is 7.63. The maximum atomic E-state index is 12.1. The SMILES string of the molecule is COC(=O)c1cnc(-n2nc(C3CC3)nc2[C@H](C)NC(=O)OC(C)(C)C)cn1. The van der Waals surface area contributed by atoms with Crippen molar-refractivity contribution in [3.63, 3.8) is 0 Å². The predicted octanol–water partition coefficient (Wildman–Crippen LogP) is 2.31. The first-order valence-electron chi connectivity index (χ1n) is 9.05. The fourth-order valence-electron chi connectivity index (χ4n) is 2.49. The van der Waals surface area contributed by atoms with Crippen molar-refractivity contribution in [2.75, 3.05) is 7.11 Å². The molecule has 0 unspecified atom stereocenters. The molecule has 0 spiro atoms. The summed E-state index contributed by atoms with van der Waals surface area (Å²) in [4.78, 5) is 36.6. The van der Waals surface area contributed by atoms with Gasteiger partial charge in [-0.05, 0) is 40.5 Å². The van der Waals surface area contributed by atoms with E-state index in [0.717, 1.165) is 12.8 Å². The van der Waals surface area contributed by atoms with Gasteiger partial charge >= 0.3 is 12.1 Å². The minimum absolute atomic E-state index is 0.0928. The molecule has 0 bridgehead atoms. The van der Waals surface area contributed by atoms with Gasteiger partial charge in [0.25, 0.3) is 0 Å². The van der Waals surface area contributed by atoms with Crippen LogP contribution in [-0.4, -0.2) is 49.5 Å². The van der Waals surface area contributed by atoms with E-state index in [9.17, 15) is 9.59 Å². The molecule has 150 valence electrons. The van der Waals surface area contributed by atoms with Crippen LogP contribution < -0.4 is 5.32 Å². The second-order valence-corrected chi connectivity index (χ2v) is 7.63. The number of alkyl carbamates (subject to hydrolysis) is 1. The molecule has 3 rings (SSSR count). The fraction of sp³-hybridized carbons (Fsp3) is 0.556. The maximum absolute atomic E-state index is 12.1. The standard InChI is InChI=1S/C18H24N6O4/c1-10(21-17(26)28-18(2,3)4)15-22-14(11-6-7-11)23-24(15)13-9-19-12(8-20-13)16(25)27-5/h8-11H,6-7H2,1-5H3,(H,21,26)/t10-/m0/s1. The van der Waals surface area contributed by atoms with Crippen molar-refractivity contribution in [1.82, 2.24) is 30.0 Å². The van der Waals surface area contributed by atoms with Crippen LogP contribution in [0.15, 0.2) is 12.4 Å². The number of nitrogens with zero attached hydrogens (tertiary/aromatic N) is 5. The van der Waals surface area contributed by atoms with Crippen LogP contribution in [0, 0.1) is 0 Å². The van der Waals surface area contributed by atoms with Crippen LogP contribution >= 0.6 is 0 Å². The van der Waals surface area contributed by atoms with Gasteiger partial charge in [0.05, 0.1) is 25.5 Å². The fourth-order valence-corrected chi connectivity index (χ4v) is 2.49. The Bertz CT molecular complexity index is 867. The molecule has 1 amide bonds. The van der Waals surface area contributed by atoms with Crippen LogP contribution in [0.3, 0.4) is 0 Å². The molecule has 28 heavy (non-hydrogen) atoms. The van der Waals surface area contributed by atoms with Gasteiger partial charge in [0.15, 0.2) is 23.2 Å². The molecule has 1 N–H and O–H groups in total. The third-order valence-corrected chi connectivity index (χ3v) is 3.96. The van der Waals surface area contributed by atoms with Gasteiger partial charge in [-0.25, -0.2) is 24.5 Å². The van der Waals surface area contributed by atoms with E-state index in [1.54, 1.807) is 27.7 Å². The van der Waals surface area contributed by atoms with Gasteiger partial charge in [0.1, 0.15) is 5.60 Å². The first kappa shape index (κ1) is 19.7. The van der Waals surface area contributed by atoms with E-state index >= 15 is 0 Å². The molecule has 1 fully saturated rings. The zero-order valence-corrected chi connectivity index (χ0v) is 16.6. The summed E-state index contributed by atoms with van der Waals surface area (Å²) in [6.07, 6.45) is 4.25. The number of carbonyl (C=O) groups excluding carboxylic acids is 2. The summed E-state index contributed by atoms with van der Waals surface area (Å²) in [7, 11) is 1.28. The summed E-state index contributed by atoms with van der Waals surface area (Å²) < 4.78 is 11.5. The highest BCUT2D eigenvalue weighted by atomic mass is 16.6. The molecule has 1 atom stereocenters. The van der Waals surface area contributed by atoms with Gasteiger partial charge in [-0.15, -0.1) is 5.10 Å². The largest absolute Gasteiger partial charge is 0.464 e. The molecule has 0 aliphatic heterocycles. The maximum Gasteiger partial charge on any atom is 0.408 e. The number of esters is 1. The van der Waals surface area contributed by atoms with Crippen molar-refractivity contribution >= 4 is 12.1 Å². The number of methoxy groups -OCH3 is 1. The third-order valence-electron chi connectivity index (χ3n) is 3.96. The van der Waals surface area contributed by atoms with Crippen molar-refractivity contribution in [3.8, 4) is 5.82 Å². The quantitative estimate of drug-likeness (QED) is 0.775. The lowest BCUT2D eigenvalue weighted by atomic mass is 10.2. The first-order chi connectivity index (χ1) is 13.2. The number of hydrogen-bond acceptors (Lipinski definition) is 8. The molecule has 1 saturated carbocycles.